The lowest BCUT2D eigenvalue weighted by molar-refractivity contribution is 0.132. The molecule has 0 amide bonds. The summed E-state index contributed by atoms with van der Waals surface area (Å²) in [7, 11) is 0. The van der Waals surface area contributed by atoms with Gasteiger partial charge in [-0.25, -0.2) is 5.84 Å². The Morgan fingerprint density at radius 3 is 2.35 bits per heavy atom. The summed E-state index contributed by atoms with van der Waals surface area (Å²) in [5.41, 5.74) is 7.01. The number of nitrogens with one attached hydrogen (secondary N) is 2. The molecule has 0 aromatic carbocycles. The van der Waals surface area contributed by atoms with E-state index in [4.69, 9.17) is 11.6 Å². The van der Waals surface area contributed by atoms with Crippen LogP contribution in [0.4, 0.5) is 17.6 Å². The lowest BCUT2D eigenvalue weighted by atomic mass is 9.98. The highest BCUT2D eigenvalue weighted by Crippen LogP contribution is 2.19. The van der Waals surface area contributed by atoms with E-state index in [2.05, 4.69) is 20.7 Å². The number of hydrogen-bond donors (Lipinski definition) is 6. The van der Waals surface area contributed by atoms with Crippen molar-refractivity contribution in [1.29, 1.82) is 0 Å². The number of hydrazine groups is 1. The van der Waals surface area contributed by atoms with Crippen molar-refractivity contribution in [3.05, 3.63) is 6.07 Å². The largest absolute Gasteiger partial charge is 0.394 e. The molecule has 0 saturated heterocycles. The SMILES string of the molecule is CCC(CO)(CO)Nc1cc(NN)nc(N)n1. The van der Waals surface area contributed by atoms with E-state index in [9.17, 15) is 10.2 Å². The van der Waals surface area contributed by atoms with Gasteiger partial charge in [0.1, 0.15) is 11.6 Å². The molecule has 0 aliphatic carbocycles. The average Bonchev–Trinajstić information content (AvgIpc) is 2.35. The molecular formula is C9H18N6O2. The monoisotopic (exact) mass is 242 g/mol. The summed E-state index contributed by atoms with van der Waals surface area (Å²) in [4.78, 5) is 7.77. The molecule has 0 atom stereocenters. The molecular weight excluding hydrogens is 224 g/mol. The van der Waals surface area contributed by atoms with E-state index >= 15 is 0 Å². The van der Waals surface area contributed by atoms with Gasteiger partial charge < -0.3 is 26.7 Å². The first-order chi connectivity index (χ1) is 8.09. The van der Waals surface area contributed by atoms with Crippen LogP contribution in [-0.4, -0.2) is 38.9 Å². The smallest absolute Gasteiger partial charge is 0.223 e. The molecule has 0 unspecified atom stereocenters. The van der Waals surface area contributed by atoms with Crippen molar-refractivity contribution < 1.29 is 10.2 Å². The highest BCUT2D eigenvalue weighted by molar-refractivity contribution is 5.51. The van der Waals surface area contributed by atoms with Gasteiger partial charge in [-0.3, -0.25) is 0 Å². The zero-order valence-electron chi connectivity index (χ0n) is 9.64. The molecule has 0 radical (unpaired) electrons. The zero-order valence-corrected chi connectivity index (χ0v) is 9.64. The van der Waals surface area contributed by atoms with Gasteiger partial charge in [-0.15, -0.1) is 0 Å². The minimum absolute atomic E-state index is 0.0452. The maximum Gasteiger partial charge on any atom is 0.223 e. The molecule has 8 heteroatoms. The lowest BCUT2D eigenvalue weighted by Gasteiger charge is -2.30. The Kier molecular flexibility index (Phi) is 4.44. The second-order valence-electron chi connectivity index (χ2n) is 3.72. The quantitative estimate of drug-likeness (QED) is 0.272. The van der Waals surface area contributed by atoms with Gasteiger partial charge in [-0.05, 0) is 6.42 Å². The van der Waals surface area contributed by atoms with Crippen LogP contribution in [0.15, 0.2) is 6.07 Å². The molecule has 0 fully saturated rings. The van der Waals surface area contributed by atoms with Gasteiger partial charge in [0.2, 0.25) is 5.95 Å². The Morgan fingerprint density at radius 1 is 1.29 bits per heavy atom. The fourth-order valence-corrected chi connectivity index (χ4v) is 1.32. The highest BCUT2D eigenvalue weighted by Gasteiger charge is 2.27. The second kappa shape index (κ2) is 5.62. The van der Waals surface area contributed by atoms with Gasteiger partial charge in [-0.2, -0.15) is 9.97 Å². The van der Waals surface area contributed by atoms with Crippen molar-refractivity contribution in [2.45, 2.75) is 18.9 Å². The molecule has 1 aromatic rings. The summed E-state index contributed by atoms with van der Waals surface area (Å²) in [5.74, 6) is 6.00. The molecule has 0 spiro atoms. The van der Waals surface area contributed by atoms with Crippen LogP contribution >= 0.6 is 0 Å². The molecule has 0 aliphatic rings. The first kappa shape index (κ1) is 13.4. The van der Waals surface area contributed by atoms with Gasteiger partial charge in [0.05, 0.1) is 18.8 Å². The standard InChI is InChI=1S/C9H18N6O2/c1-2-9(4-16,5-17)14-6-3-7(15-11)13-8(10)12-6/h3,16-17H,2,4-5,11H2,1H3,(H4,10,12,13,14,15). The summed E-state index contributed by atoms with van der Waals surface area (Å²) >= 11 is 0. The predicted molar refractivity (Wildman–Crippen MR) is 65.1 cm³/mol. The number of aliphatic hydroxyl groups is 2. The molecule has 96 valence electrons. The number of rotatable bonds is 6. The first-order valence-electron chi connectivity index (χ1n) is 5.20. The molecule has 0 aliphatic heterocycles. The van der Waals surface area contributed by atoms with Crippen molar-refractivity contribution in [3.8, 4) is 0 Å². The van der Waals surface area contributed by atoms with Crippen molar-refractivity contribution in [2.24, 2.45) is 5.84 Å². The molecule has 8 nitrogen and oxygen atoms in total. The summed E-state index contributed by atoms with van der Waals surface area (Å²) < 4.78 is 0. The maximum atomic E-state index is 9.30. The van der Waals surface area contributed by atoms with Crippen LogP contribution in [0.3, 0.4) is 0 Å². The molecule has 8 N–H and O–H groups in total. The summed E-state index contributed by atoms with van der Waals surface area (Å²) in [6.07, 6.45) is 0.523. The van der Waals surface area contributed by atoms with Gasteiger partial charge in [-0.1, -0.05) is 6.92 Å². The van der Waals surface area contributed by atoms with E-state index in [1.54, 1.807) is 0 Å². The average molecular weight is 242 g/mol. The van der Waals surface area contributed by atoms with Crippen molar-refractivity contribution in [1.82, 2.24) is 9.97 Å². The van der Waals surface area contributed by atoms with Crippen LogP contribution in [0.5, 0.6) is 0 Å². The summed E-state index contributed by atoms with van der Waals surface area (Å²) in [6.45, 7) is 1.39. The van der Waals surface area contributed by atoms with Gasteiger partial charge in [0, 0.05) is 6.07 Å². The van der Waals surface area contributed by atoms with Gasteiger partial charge in [0.25, 0.3) is 0 Å². The second-order valence-corrected chi connectivity index (χ2v) is 3.72. The molecule has 1 aromatic heterocycles. The van der Waals surface area contributed by atoms with Crippen LogP contribution < -0.4 is 22.3 Å². The van der Waals surface area contributed by atoms with Gasteiger partial charge in [0.15, 0.2) is 0 Å². The molecule has 0 saturated carbocycles. The van der Waals surface area contributed by atoms with E-state index in [1.165, 1.54) is 6.07 Å². The Bertz CT molecular complexity index is 360. The Hall–Kier alpha value is -1.64. The van der Waals surface area contributed by atoms with E-state index in [-0.39, 0.29) is 19.2 Å². The topological polar surface area (TPSA) is 142 Å². The number of nitrogens with two attached hydrogens (primary N) is 2. The van der Waals surface area contributed by atoms with Crippen molar-refractivity contribution in [2.75, 3.05) is 29.7 Å². The normalized spacial score (nSPS) is 11.3. The Morgan fingerprint density at radius 2 is 1.88 bits per heavy atom. The lowest BCUT2D eigenvalue weighted by Crippen LogP contribution is -2.45. The number of aliphatic hydroxyl groups excluding tert-OH is 2. The zero-order chi connectivity index (χ0) is 12.9. The van der Waals surface area contributed by atoms with Crippen LogP contribution in [0.25, 0.3) is 0 Å². The van der Waals surface area contributed by atoms with E-state index in [0.717, 1.165) is 0 Å². The van der Waals surface area contributed by atoms with Crippen molar-refractivity contribution >= 4 is 17.6 Å². The molecule has 17 heavy (non-hydrogen) atoms. The van der Waals surface area contributed by atoms with Crippen LogP contribution in [-0.2, 0) is 0 Å². The third-order valence-corrected chi connectivity index (χ3v) is 2.57. The van der Waals surface area contributed by atoms with E-state index < -0.39 is 5.54 Å². The van der Waals surface area contributed by atoms with Gasteiger partial charge >= 0.3 is 0 Å². The third-order valence-electron chi connectivity index (χ3n) is 2.57. The number of hydrogen-bond acceptors (Lipinski definition) is 8. The van der Waals surface area contributed by atoms with E-state index in [1.807, 2.05) is 6.92 Å². The minimum Gasteiger partial charge on any atom is -0.394 e. The number of nitrogen functional groups attached to an aromatic ring is 2. The van der Waals surface area contributed by atoms with Crippen LogP contribution in [0.2, 0.25) is 0 Å². The Balaban J connectivity index is 2.96. The molecule has 0 bridgehead atoms. The molecule has 1 heterocycles. The minimum atomic E-state index is -0.841. The number of nitrogens with zero attached hydrogens (tertiary/aromatic N) is 2. The number of aromatic nitrogens is 2. The summed E-state index contributed by atoms with van der Waals surface area (Å²) in [6, 6.07) is 1.53. The predicted octanol–water partition coefficient (Wildman–Crippen LogP) is -1.11. The highest BCUT2D eigenvalue weighted by atomic mass is 16.3. The maximum absolute atomic E-state index is 9.30. The Labute approximate surface area is 99.0 Å². The van der Waals surface area contributed by atoms with Crippen LogP contribution in [0, 0.1) is 0 Å². The number of anilines is 3. The fourth-order valence-electron chi connectivity index (χ4n) is 1.32. The molecule has 1 rings (SSSR count). The third kappa shape index (κ3) is 3.16. The first-order valence-corrected chi connectivity index (χ1v) is 5.20. The van der Waals surface area contributed by atoms with Crippen molar-refractivity contribution in [3.63, 3.8) is 0 Å². The van der Waals surface area contributed by atoms with Crippen LogP contribution in [0.1, 0.15) is 13.3 Å². The van der Waals surface area contributed by atoms with E-state index in [0.29, 0.717) is 18.1 Å². The summed E-state index contributed by atoms with van der Waals surface area (Å²) in [5, 5.41) is 21.5. The fraction of sp³-hybridized carbons (Fsp3) is 0.556.